The highest BCUT2D eigenvalue weighted by Crippen LogP contribution is 2.36. The summed E-state index contributed by atoms with van der Waals surface area (Å²) in [6.07, 6.45) is -2.49. The number of nitrogens with one attached hydrogen (secondary N) is 1. The maximum atomic E-state index is 13.1. The van der Waals surface area contributed by atoms with Gasteiger partial charge in [-0.3, -0.25) is 9.69 Å². The molecule has 0 spiro atoms. The van der Waals surface area contributed by atoms with E-state index in [9.17, 15) is 18.0 Å². The Hall–Kier alpha value is -2.48. The molecule has 2 aromatic rings. The molecule has 8 heteroatoms. The average molecular weight is 395 g/mol. The lowest BCUT2D eigenvalue weighted by molar-refractivity contribution is -0.137. The lowest BCUT2D eigenvalue weighted by atomic mass is 10.1. The number of furan rings is 1. The van der Waals surface area contributed by atoms with Crippen LogP contribution in [0.4, 0.5) is 24.5 Å². The number of amides is 1. The number of alkyl halides is 3. The molecule has 152 valence electrons. The Bertz CT molecular complexity index is 826. The average Bonchev–Trinajstić information content (AvgIpc) is 3.25. The Balaban J connectivity index is 1.72. The van der Waals surface area contributed by atoms with Gasteiger partial charge in [-0.05, 0) is 57.1 Å². The topological polar surface area (TPSA) is 48.7 Å². The fourth-order valence-electron chi connectivity index (χ4n) is 3.37. The highest BCUT2D eigenvalue weighted by Gasteiger charge is 2.32. The third-order valence-corrected chi connectivity index (χ3v) is 4.68. The van der Waals surface area contributed by atoms with Crippen molar-refractivity contribution < 1.29 is 22.4 Å². The van der Waals surface area contributed by atoms with E-state index in [0.29, 0.717) is 12.2 Å². The number of hydrogen-bond acceptors (Lipinski definition) is 4. The molecule has 1 N–H and O–H groups in total. The van der Waals surface area contributed by atoms with Crippen molar-refractivity contribution in [2.45, 2.75) is 32.5 Å². The molecule has 0 atom stereocenters. The van der Waals surface area contributed by atoms with Crippen molar-refractivity contribution in [3.63, 3.8) is 0 Å². The molecule has 1 aromatic heterocycles. The molecule has 1 aromatic carbocycles. The summed E-state index contributed by atoms with van der Waals surface area (Å²) < 4.78 is 44.9. The predicted molar refractivity (Wildman–Crippen MR) is 101 cm³/mol. The number of carbonyl (C=O) groups is 1. The molecule has 0 unspecified atom stereocenters. The fraction of sp³-hybridized carbons (Fsp3) is 0.450. The first-order valence-electron chi connectivity index (χ1n) is 9.22. The number of hydrogen-bond donors (Lipinski definition) is 1. The second-order valence-corrected chi connectivity index (χ2v) is 7.16. The first-order chi connectivity index (χ1) is 13.2. The maximum Gasteiger partial charge on any atom is 0.416 e. The van der Waals surface area contributed by atoms with E-state index in [1.807, 2.05) is 24.0 Å². The van der Waals surface area contributed by atoms with Gasteiger partial charge in [0.1, 0.15) is 11.5 Å². The number of nitrogens with zero attached hydrogens (tertiary/aromatic N) is 2. The van der Waals surface area contributed by atoms with Gasteiger partial charge in [0.05, 0.1) is 30.0 Å². The van der Waals surface area contributed by atoms with Crippen molar-refractivity contribution in [3.8, 4) is 0 Å². The Morgan fingerprint density at radius 2 is 1.93 bits per heavy atom. The fourth-order valence-corrected chi connectivity index (χ4v) is 3.37. The van der Waals surface area contributed by atoms with Crippen molar-refractivity contribution in [1.82, 2.24) is 4.90 Å². The van der Waals surface area contributed by atoms with Gasteiger partial charge in [0.2, 0.25) is 5.91 Å². The van der Waals surface area contributed by atoms with E-state index in [0.717, 1.165) is 49.6 Å². The summed E-state index contributed by atoms with van der Waals surface area (Å²) in [7, 11) is 1.75. The number of likely N-dealkylation sites (N-methyl/N-ethyl adjacent to an activating group) is 1. The summed E-state index contributed by atoms with van der Waals surface area (Å²) in [4.78, 5) is 16.2. The van der Waals surface area contributed by atoms with Gasteiger partial charge in [-0.25, -0.2) is 0 Å². The molecule has 3 rings (SSSR count). The maximum absolute atomic E-state index is 13.1. The van der Waals surface area contributed by atoms with E-state index in [-0.39, 0.29) is 18.1 Å². The quantitative estimate of drug-likeness (QED) is 0.793. The second kappa shape index (κ2) is 8.26. The zero-order valence-electron chi connectivity index (χ0n) is 16.0. The molecule has 0 radical (unpaired) electrons. The van der Waals surface area contributed by atoms with Crippen molar-refractivity contribution in [2.75, 3.05) is 36.9 Å². The van der Waals surface area contributed by atoms with Crippen molar-refractivity contribution >= 4 is 17.3 Å². The standard InChI is InChI=1S/C20H24F3N3O2/c1-14-5-7-16(28-14)12-25(2)13-19(27)24-17-11-15(20(21,22)23)6-8-18(17)26-9-3-4-10-26/h5-8,11H,3-4,9-10,12-13H2,1-2H3,(H,24,27). The van der Waals surface area contributed by atoms with Crippen molar-refractivity contribution in [2.24, 2.45) is 0 Å². The van der Waals surface area contributed by atoms with Crippen LogP contribution < -0.4 is 10.2 Å². The Kier molecular flexibility index (Phi) is 5.98. The molecule has 28 heavy (non-hydrogen) atoms. The minimum Gasteiger partial charge on any atom is -0.465 e. The van der Waals surface area contributed by atoms with Crippen LogP contribution in [0.2, 0.25) is 0 Å². The van der Waals surface area contributed by atoms with Crippen LogP contribution in [-0.2, 0) is 17.5 Å². The molecule has 1 amide bonds. The van der Waals surface area contributed by atoms with Crippen molar-refractivity contribution in [3.05, 3.63) is 47.4 Å². The third kappa shape index (κ3) is 5.07. The summed E-state index contributed by atoms with van der Waals surface area (Å²) in [6, 6.07) is 7.20. The smallest absolute Gasteiger partial charge is 0.416 e. The zero-order valence-corrected chi connectivity index (χ0v) is 16.0. The van der Waals surface area contributed by atoms with Crippen LogP contribution in [0, 0.1) is 6.92 Å². The number of rotatable bonds is 6. The van der Waals surface area contributed by atoms with Crippen LogP contribution in [0.5, 0.6) is 0 Å². The van der Waals surface area contributed by atoms with Crippen LogP contribution in [-0.4, -0.2) is 37.5 Å². The molecule has 0 aliphatic carbocycles. The van der Waals surface area contributed by atoms with Gasteiger partial charge in [-0.2, -0.15) is 13.2 Å². The predicted octanol–water partition coefficient (Wildman–Crippen LogP) is 4.28. The number of benzene rings is 1. The number of halogens is 3. The van der Waals surface area contributed by atoms with E-state index in [1.165, 1.54) is 6.07 Å². The minimum atomic E-state index is -4.46. The Labute approximate surface area is 162 Å². The van der Waals surface area contributed by atoms with Crippen LogP contribution in [0.1, 0.15) is 29.9 Å². The summed E-state index contributed by atoms with van der Waals surface area (Å²) in [5.74, 6) is 1.14. The first-order valence-corrected chi connectivity index (χ1v) is 9.22. The monoisotopic (exact) mass is 395 g/mol. The Morgan fingerprint density at radius 3 is 2.54 bits per heavy atom. The SMILES string of the molecule is Cc1ccc(CN(C)CC(=O)Nc2cc(C(F)(F)F)ccc2N2CCCC2)o1. The molecule has 1 saturated heterocycles. The lowest BCUT2D eigenvalue weighted by Gasteiger charge is -2.23. The summed E-state index contributed by atoms with van der Waals surface area (Å²) in [5, 5.41) is 2.67. The number of aryl methyl sites for hydroxylation is 1. The lowest BCUT2D eigenvalue weighted by Crippen LogP contribution is -2.30. The minimum absolute atomic E-state index is 0.0371. The van der Waals surface area contributed by atoms with Gasteiger partial charge in [-0.15, -0.1) is 0 Å². The molecular weight excluding hydrogens is 371 g/mol. The van der Waals surface area contributed by atoms with Crippen LogP contribution in [0.15, 0.2) is 34.7 Å². The summed E-state index contributed by atoms with van der Waals surface area (Å²) in [6.45, 7) is 3.85. The van der Waals surface area contributed by atoms with E-state index in [2.05, 4.69) is 5.32 Å². The summed E-state index contributed by atoms with van der Waals surface area (Å²) in [5.41, 5.74) is 0.0530. The van der Waals surface area contributed by atoms with Gasteiger partial charge in [0.25, 0.3) is 0 Å². The zero-order chi connectivity index (χ0) is 20.3. The number of anilines is 2. The van der Waals surface area contributed by atoms with E-state index in [4.69, 9.17) is 4.42 Å². The Morgan fingerprint density at radius 1 is 1.21 bits per heavy atom. The molecule has 0 saturated carbocycles. The van der Waals surface area contributed by atoms with Crippen LogP contribution in [0.3, 0.4) is 0 Å². The van der Waals surface area contributed by atoms with Gasteiger partial charge >= 0.3 is 6.18 Å². The van der Waals surface area contributed by atoms with E-state index in [1.54, 1.807) is 11.9 Å². The van der Waals surface area contributed by atoms with Crippen molar-refractivity contribution in [1.29, 1.82) is 0 Å². The molecule has 1 aliphatic heterocycles. The normalized spacial score (nSPS) is 14.7. The molecule has 1 fully saturated rings. The first kappa shape index (κ1) is 20.3. The van der Waals surface area contributed by atoms with E-state index >= 15 is 0 Å². The second-order valence-electron chi connectivity index (χ2n) is 7.16. The highest BCUT2D eigenvalue weighted by atomic mass is 19.4. The molecule has 0 bridgehead atoms. The van der Waals surface area contributed by atoms with Crippen LogP contribution >= 0.6 is 0 Å². The highest BCUT2D eigenvalue weighted by molar-refractivity contribution is 5.95. The van der Waals surface area contributed by atoms with Crippen LogP contribution in [0.25, 0.3) is 0 Å². The number of carbonyl (C=O) groups excluding carboxylic acids is 1. The van der Waals surface area contributed by atoms with Gasteiger partial charge in [0, 0.05) is 13.1 Å². The van der Waals surface area contributed by atoms with Gasteiger partial charge in [0.15, 0.2) is 0 Å². The largest absolute Gasteiger partial charge is 0.465 e. The summed E-state index contributed by atoms with van der Waals surface area (Å²) >= 11 is 0. The molecule has 5 nitrogen and oxygen atoms in total. The van der Waals surface area contributed by atoms with E-state index < -0.39 is 11.7 Å². The molecular formula is C20H24F3N3O2. The van der Waals surface area contributed by atoms with Gasteiger partial charge < -0.3 is 14.6 Å². The molecule has 2 heterocycles. The third-order valence-electron chi connectivity index (χ3n) is 4.68. The van der Waals surface area contributed by atoms with Gasteiger partial charge in [-0.1, -0.05) is 0 Å². The molecule has 1 aliphatic rings.